The summed E-state index contributed by atoms with van der Waals surface area (Å²) in [6.45, 7) is 5.27. The molecule has 13 heavy (non-hydrogen) atoms. The van der Waals surface area contributed by atoms with Gasteiger partial charge in [0.05, 0.1) is 0 Å². The molecule has 1 aliphatic carbocycles. The molecule has 0 heterocycles. The Labute approximate surface area is 83.9 Å². The molecule has 1 saturated carbocycles. The van der Waals surface area contributed by atoms with Crippen molar-refractivity contribution in [1.82, 2.24) is 5.32 Å². The molecule has 0 spiro atoms. The van der Waals surface area contributed by atoms with Crippen molar-refractivity contribution in [3.63, 3.8) is 0 Å². The maximum Gasteiger partial charge on any atom is 0.0360 e. The van der Waals surface area contributed by atoms with Crippen LogP contribution in [-0.2, 0) is 10.8 Å². The topological polar surface area (TPSA) is 29.1 Å². The lowest BCUT2D eigenvalue weighted by Gasteiger charge is -2.08. The fourth-order valence-electron chi connectivity index (χ4n) is 1.18. The minimum atomic E-state index is -0.601. The second-order valence-corrected chi connectivity index (χ2v) is 5.67. The standard InChI is InChI=1S/C10H21NOS/c1-3-9(2)8-13(12)7-6-11-10-4-5-10/h9-11H,3-8H2,1-2H3. The summed E-state index contributed by atoms with van der Waals surface area (Å²) in [4.78, 5) is 0. The van der Waals surface area contributed by atoms with Gasteiger partial charge in [-0.25, -0.2) is 0 Å². The Balaban J connectivity index is 1.96. The van der Waals surface area contributed by atoms with Gasteiger partial charge < -0.3 is 5.32 Å². The van der Waals surface area contributed by atoms with Gasteiger partial charge in [-0.15, -0.1) is 0 Å². The van der Waals surface area contributed by atoms with E-state index in [2.05, 4.69) is 19.2 Å². The van der Waals surface area contributed by atoms with Crippen LogP contribution in [0.4, 0.5) is 0 Å². The van der Waals surface area contributed by atoms with Crippen molar-refractivity contribution in [3.05, 3.63) is 0 Å². The maximum atomic E-state index is 11.5. The van der Waals surface area contributed by atoms with Crippen molar-refractivity contribution in [2.24, 2.45) is 5.92 Å². The number of hydrogen-bond acceptors (Lipinski definition) is 2. The molecule has 2 nitrogen and oxygen atoms in total. The fourth-order valence-corrected chi connectivity index (χ4v) is 2.57. The summed E-state index contributed by atoms with van der Waals surface area (Å²) in [5.74, 6) is 2.32. The van der Waals surface area contributed by atoms with Gasteiger partial charge in [-0.05, 0) is 18.8 Å². The first kappa shape index (κ1) is 11.2. The van der Waals surface area contributed by atoms with E-state index in [0.717, 1.165) is 30.5 Å². The number of nitrogens with one attached hydrogen (secondary N) is 1. The molecule has 1 N–H and O–H groups in total. The van der Waals surface area contributed by atoms with E-state index >= 15 is 0 Å². The predicted octanol–water partition coefficient (Wildman–Crippen LogP) is 1.53. The summed E-state index contributed by atoms with van der Waals surface area (Å²) >= 11 is 0. The van der Waals surface area contributed by atoms with Crippen LogP contribution in [0.1, 0.15) is 33.1 Å². The molecule has 0 aliphatic heterocycles. The van der Waals surface area contributed by atoms with E-state index in [4.69, 9.17) is 0 Å². The predicted molar refractivity (Wildman–Crippen MR) is 58.4 cm³/mol. The van der Waals surface area contributed by atoms with E-state index in [1.807, 2.05) is 0 Å². The molecule has 0 bridgehead atoms. The molecule has 2 unspecified atom stereocenters. The zero-order chi connectivity index (χ0) is 9.68. The molecule has 0 aromatic rings. The van der Waals surface area contributed by atoms with Crippen molar-refractivity contribution >= 4 is 10.8 Å². The lowest BCUT2D eigenvalue weighted by atomic mass is 10.2. The third-order valence-electron chi connectivity index (χ3n) is 2.51. The molecule has 0 saturated heterocycles. The minimum absolute atomic E-state index is 0.601. The van der Waals surface area contributed by atoms with Gasteiger partial charge in [-0.3, -0.25) is 4.21 Å². The van der Waals surface area contributed by atoms with Gasteiger partial charge >= 0.3 is 0 Å². The number of rotatable bonds is 7. The molecule has 0 amide bonds. The highest BCUT2D eigenvalue weighted by Gasteiger charge is 2.19. The smallest absolute Gasteiger partial charge is 0.0360 e. The first-order valence-electron chi connectivity index (χ1n) is 5.30. The zero-order valence-electron chi connectivity index (χ0n) is 8.71. The van der Waals surface area contributed by atoms with Crippen LogP contribution in [0, 0.1) is 5.92 Å². The quantitative estimate of drug-likeness (QED) is 0.680. The van der Waals surface area contributed by atoms with Crippen molar-refractivity contribution in [2.75, 3.05) is 18.1 Å². The van der Waals surface area contributed by atoms with Crippen LogP contribution in [0.15, 0.2) is 0 Å². The van der Waals surface area contributed by atoms with E-state index in [9.17, 15) is 4.21 Å². The SMILES string of the molecule is CCC(C)CS(=O)CCNC1CC1. The molecule has 0 aromatic heterocycles. The zero-order valence-corrected chi connectivity index (χ0v) is 9.53. The molecule has 2 atom stereocenters. The van der Waals surface area contributed by atoms with E-state index < -0.39 is 10.8 Å². The fraction of sp³-hybridized carbons (Fsp3) is 1.00. The van der Waals surface area contributed by atoms with E-state index in [1.165, 1.54) is 12.8 Å². The molecule has 3 heteroatoms. The van der Waals surface area contributed by atoms with Crippen LogP contribution in [-0.4, -0.2) is 28.3 Å². The molecular formula is C10H21NOS. The maximum absolute atomic E-state index is 11.5. The average Bonchev–Trinajstić information content (AvgIpc) is 2.88. The first-order chi connectivity index (χ1) is 6.22. The third-order valence-corrected chi connectivity index (χ3v) is 4.11. The van der Waals surface area contributed by atoms with Crippen molar-refractivity contribution in [3.8, 4) is 0 Å². The highest BCUT2D eigenvalue weighted by atomic mass is 32.2. The summed E-state index contributed by atoms with van der Waals surface area (Å²) in [6, 6.07) is 0.751. The Hall–Kier alpha value is 0.110. The summed E-state index contributed by atoms with van der Waals surface area (Å²) in [5.41, 5.74) is 0. The lowest BCUT2D eigenvalue weighted by Crippen LogP contribution is -2.24. The van der Waals surface area contributed by atoms with E-state index in [-0.39, 0.29) is 0 Å². The van der Waals surface area contributed by atoms with Gasteiger partial charge in [0.15, 0.2) is 0 Å². The number of hydrogen-bond donors (Lipinski definition) is 1. The minimum Gasteiger partial charge on any atom is -0.313 e. The Bertz CT molecular complexity index is 168. The van der Waals surface area contributed by atoms with Gasteiger partial charge in [-0.2, -0.15) is 0 Å². The summed E-state index contributed by atoms with van der Waals surface area (Å²) < 4.78 is 11.5. The first-order valence-corrected chi connectivity index (χ1v) is 6.79. The molecule has 0 aromatic carbocycles. The van der Waals surface area contributed by atoms with Crippen molar-refractivity contribution < 1.29 is 4.21 Å². The van der Waals surface area contributed by atoms with Gasteiger partial charge in [0.2, 0.25) is 0 Å². The summed E-state index contributed by atoms with van der Waals surface area (Å²) in [6.07, 6.45) is 3.78. The molecule has 78 valence electrons. The Kier molecular flexibility index (Phi) is 4.96. The third kappa shape index (κ3) is 5.42. The molecule has 1 rings (SSSR count). The highest BCUT2D eigenvalue weighted by Crippen LogP contribution is 2.18. The summed E-state index contributed by atoms with van der Waals surface area (Å²) in [5, 5.41) is 3.39. The molecule has 1 fully saturated rings. The van der Waals surface area contributed by atoms with Gasteiger partial charge in [0, 0.05) is 34.9 Å². The van der Waals surface area contributed by atoms with Crippen LogP contribution >= 0.6 is 0 Å². The summed E-state index contributed by atoms with van der Waals surface area (Å²) in [7, 11) is -0.601. The van der Waals surface area contributed by atoms with Gasteiger partial charge in [-0.1, -0.05) is 20.3 Å². The van der Waals surface area contributed by atoms with Crippen LogP contribution in [0.25, 0.3) is 0 Å². The van der Waals surface area contributed by atoms with Crippen LogP contribution in [0.2, 0.25) is 0 Å². The lowest BCUT2D eigenvalue weighted by molar-refractivity contribution is 0.613. The van der Waals surface area contributed by atoms with Gasteiger partial charge in [0.1, 0.15) is 0 Å². The van der Waals surface area contributed by atoms with Crippen LogP contribution in [0.3, 0.4) is 0 Å². The van der Waals surface area contributed by atoms with E-state index in [1.54, 1.807) is 0 Å². The molecule has 0 radical (unpaired) electrons. The second-order valence-electron chi connectivity index (χ2n) is 4.05. The highest BCUT2D eigenvalue weighted by molar-refractivity contribution is 7.85. The average molecular weight is 203 g/mol. The monoisotopic (exact) mass is 203 g/mol. The van der Waals surface area contributed by atoms with Crippen molar-refractivity contribution in [2.45, 2.75) is 39.2 Å². The van der Waals surface area contributed by atoms with Crippen LogP contribution < -0.4 is 5.32 Å². The second kappa shape index (κ2) is 5.76. The normalized spacial score (nSPS) is 21.4. The Morgan fingerprint density at radius 1 is 1.54 bits per heavy atom. The van der Waals surface area contributed by atoms with Crippen molar-refractivity contribution in [1.29, 1.82) is 0 Å². The van der Waals surface area contributed by atoms with Crippen LogP contribution in [0.5, 0.6) is 0 Å². The van der Waals surface area contributed by atoms with E-state index in [0.29, 0.717) is 5.92 Å². The van der Waals surface area contributed by atoms with Gasteiger partial charge in [0.25, 0.3) is 0 Å². The molecule has 1 aliphatic rings. The molecular weight excluding hydrogens is 182 g/mol. The Morgan fingerprint density at radius 3 is 2.77 bits per heavy atom. The largest absolute Gasteiger partial charge is 0.313 e. The Morgan fingerprint density at radius 2 is 2.23 bits per heavy atom.